The van der Waals surface area contributed by atoms with E-state index in [0.717, 1.165) is 0 Å². The zero-order valence-corrected chi connectivity index (χ0v) is 15.0. The van der Waals surface area contributed by atoms with Crippen molar-refractivity contribution in [1.82, 2.24) is 15.5 Å². The van der Waals surface area contributed by atoms with Crippen molar-refractivity contribution >= 4 is 5.91 Å². The summed E-state index contributed by atoms with van der Waals surface area (Å²) in [7, 11) is 0. The lowest BCUT2D eigenvalue weighted by molar-refractivity contribution is 0.0954. The molecule has 0 saturated heterocycles. The van der Waals surface area contributed by atoms with Gasteiger partial charge in [-0.3, -0.25) is 4.79 Å². The van der Waals surface area contributed by atoms with E-state index in [1.165, 1.54) is 0 Å². The zero-order valence-electron chi connectivity index (χ0n) is 15.0. The lowest BCUT2D eigenvalue weighted by Gasteiger charge is -2.06. The minimum absolute atomic E-state index is 0.184. The van der Waals surface area contributed by atoms with E-state index in [2.05, 4.69) is 27.3 Å². The van der Waals surface area contributed by atoms with E-state index >= 15 is 0 Å². The molecule has 0 spiro atoms. The Kier molecular flexibility index (Phi) is 5.94. The van der Waals surface area contributed by atoms with Gasteiger partial charge in [-0.05, 0) is 32.0 Å². The van der Waals surface area contributed by atoms with Crippen molar-refractivity contribution in [3.8, 4) is 11.8 Å². The Morgan fingerprint density at radius 1 is 1.40 bits per heavy atom. The molecule has 132 valence electrons. The highest BCUT2D eigenvalue weighted by Gasteiger charge is 2.11. The van der Waals surface area contributed by atoms with E-state index in [0.29, 0.717) is 35.8 Å². The summed E-state index contributed by atoms with van der Waals surface area (Å²) in [5, 5.41) is 16.4. The van der Waals surface area contributed by atoms with Crippen LogP contribution < -0.4 is 5.32 Å². The first kappa shape index (κ1) is 18.7. The van der Waals surface area contributed by atoms with Crippen molar-refractivity contribution in [3.63, 3.8) is 0 Å². The van der Waals surface area contributed by atoms with Crippen molar-refractivity contribution in [1.29, 1.82) is 0 Å². The van der Waals surface area contributed by atoms with Crippen molar-refractivity contribution in [2.45, 2.75) is 45.6 Å². The molecular formula is C19H23N3O3. The van der Waals surface area contributed by atoms with E-state index < -0.39 is 5.60 Å². The van der Waals surface area contributed by atoms with Crippen LogP contribution in [0.3, 0.4) is 0 Å². The van der Waals surface area contributed by atoms with Crippen LogP contribution in [0.15, 0.2) is 28.8 Å². The first-order chi connectivity index (χ1) is 11.7. The number of hydrogen-bond acceptors (Lipinski definition) is 5. The van der Waals surface area contributed by atoms with Gasteiger partial charge in [-0.1, -0.05) is 36.9 Å². The summed E-state index contributed by atoms with van der Waals surface area (Å²) in [6.45, 7) is 7.59. The molecule has 0 radical (unpaired) electrons. The maximum Gasteiger partial charge on any atom is 0.251 e. The SMILES string of the molecule is CC(C)c1nc(CCNC(=O)c2cccc(C#CC(C)(C)O)c2)no1. The van der Waals surface area contributed by atoms with Crippen molar-refractivity contribution < 1.29 is 14.4 Å². The topological polar surface area (TPSA) is 88.2 Å². The van der Waals surface area contributed by atoms with Crippen LogP contribution >= 0.6 is 0 Å². The number of aliphatic hydroxyl groups is 1. The molecule has 6 heteroatoms. The maximum absolute atomic E-state index is 12.2. The summed E-state index contributed by atoms with van der Waals surface area (Å²) in [5.41, 5.74) is 0.116. The average Bonchev–Trinajstić information content (AvgIpc) is 3.02. The highest BCUT2D eigenvalue weighted by molar-refractivity contribution is 5.94. The highest BCUT2D eigenvalue weighted by atomic mass is 16.5. The van der Waals surface area contributed by atoms with Crippen LogP contribution in [0.25, 0.3) is 0 Å². The molecule has 0 unspecified atom stereocenters. The van der Waals surface area contributed by atoms with Gasteiger partial charge in [0.1, 0.15) is 5.60 Å². The minimum atomic E-state index is -1.07. The number of benzene rings is 1. The predicted molar refractivity (Wildman–Crippen MR) is 94.0 cm³/mol. The van der Waals surface area contributed by atoms with Gasteiger partial charge < -0.3 is 14.9 Å². The van der Waals surface area contributed by atoms with Crippen LogP contribution in [-0.4, -0.2) is 33.3 Å². The van der Waals surface area contributed by atoms with Crippen molar-refractivity contribution in [3.05, 3.63) is 47.1 Å². The number of nitrogens with zero attached hydrogens (tertiary/aromatic N) is 2. The minimum Gasteiger partial charge on any atom is -0.378 e. The molecule has 0 aliphatic rings. The average molecular weight is 341 g/mol. The Labute approximate surface area is 147 Å². The summed E-state index contributed by atoms with van der Waals surface area (Å²) in [4.78, 5) is 16.5. The van der Waals surface area contributed by atoms with Gasteiger partial charge in [0.25, 0.3) is 5.91 Å². The van der Waals surface area contributed by atoms with Gasteiger partial charge in [-0.2, -0.15) is 4.98 Å². The lowest BCUT2D eigenvalue weighted by Crippen LogP contribution is -2.26. The van der Waals surface area contributed by atoms with E-state index in [-0.39, 0.29) is 11.8 Å². The van der Waals surface area contributed by atoms with Crippen LogP contribution in [0.2, 0.25) is 0 Å². The molecule has 2 rings (SSSR count). The van der Waals surface area contributed by atoms with Crippen molar-refractivity contribution in [2.24, 2.45) is 0 Å². The van der Waals surface area contributed by atoms with E-state index in [4.69, 9.17) is 4.52 Å². The molecule has 0 aliphatic heterocycles. The highest BCUT2D eigenvalue weighted by Crippen LogP contribution is 2.11. The Morgan fingerprint density at radius 3 is 2.80 bits per heavy atom. The molecule has 1 aromatic carbocycles. The quantitative estimate of drug-likeness (QED) is 0.815. The molecule has 0 aliphatic carbocycles. The summed E-state index contributed by atoms with van der Waals surface area (Å²) in [5.74, 6) is 6.75. The number of rotatable bonds is 5. The fourth-order valence-electron chi connectivity index (χ4n) is 1.96. The molecular weight excluding hydrogens is 318 g/mol. The Morgan fingerprint density at radius 2 is 2.16 bits per heavy atom. The van der Waals surface area contributed by atoms with Crippen LogP contribution in [0, 0.1) is 11.8 Å². The molecule has 0 bridgehead atoms. The van der Waals surface area contributed by atoms with Crippen LogP contribution in [0.1, 0.15) is 61.2 Å². The number of amides is 1. The molecule has 0 fully saturated rings. The van der Waals surface area contributed by atoms with Crippen LogP contribution in [-0.2, 0) is 6.42 Å². The Bertz CT molecular complexity index is 792. The number of hydrogen-bond donors (Lipinski definition) is 2. The third kappa shape index (κ3) is 6.05. The fourth-order valence-corrected chi connectivity index (χ4v) is 1.96. The smallest absolute Gasteiger partial charge is 0.251 e. The van der Waals surface area contributed by atoms with Crippen molar-refractivity contribution in [2.75, 3.05) is 6.54 Å². The summed E-state index contributed by atoms with van der Waals surface area (Å²) >= 11 is 0. The van der Waals surface area contributed by atoms with Gasteiger partial charge in [-0.15, -0.1) is 0 Å². The first-order valence-corrected chi connectivity index (χ1v) is 8.21. The molecule has 1 heterocycles. The number of nitrogens with one attached hydrogen (secondary N) is 1. The molecule has 0 saturated carbocycles. The molecule has 2 aromatic rings. The van der Waals surface area contributed by atoms with Gasteiger partial charge in [0.15, 0.2) is 5.82 Å². The molecule has 1 aromatic heterocycles. The second-order valence-corrected chi connectivity index (χ2v) is 6.60. The van der Waals surface area contributed by atoms with Gasteiger partial charge in [0, 0.05) is 30.0 Å². The molecule has 6 nitrogen and oxygen atoms in total. The standard InChI is InChI=1S/C19H23N3O3/c1-13(2)18-21-16(22-25-18)9-11-20-17(23)15-7-5-6-14(12-15)8-10-19(3,4)24/h5-7,12-13,24H,9,11H2,1-4H3,(H,20,23). The molecule has 2 N–H and O–H groups in total. The summed E-state index contributed by atoms with van der Waals surface area (Å²) in [6, 6.07) is 6.97. The predicted octanol–water partition coefficient (Wildman–Crippen LogP) is 2.29. The summed E-state index contributed by atoms with van der Waals surface area (Å²) in [6.07, 6.45) is 0.500. The lowest BCUT2D eigenvalue weighted by atomic mass is 10.1. The van der Waals surface area contributed by atoms with Gasteiger partial charge >= 0.3 is 0 Å². The number of aromatic nitrogens is 2. The van der Waals surface area contributed by atoms with E-state index in [9.17, 15) is 9.90 Å². The van der Waals surface area contributed by atoms with Gasteiger partial charge in [-0.25, -0.2) is 0 Å². The Hall–Kier alpha value is -2.65. The van der Waals surface area contributed by atoms with E-state index in [1.807, 2.05) is 13.8 Å². The van der Waals surface area contributed by atoms with Crippen LogP contribution in [0.4, 0.5) is 0 Å². The zero-order chi connectivity index (χ0) is 18.4. The molecule has 0 atom stereocenters. The summed E-state index contributed by atoms with van der Waals surface area (Å²) < 4.78 is 5.13. The van der Waals surface area contributed by atoms with Crippen LogP contribution in [0.5, 0.6) is 0 Å². The van der Waals surface area contributed by atoms with Gasteiger partial charge in [0.05, 0.1) is 0 Å². The normalized spacial score (nSPS) is 11.1. The van der Waals surface area contributed by atoms with Gasteiger partial charge in [0.2, 0.25) is 5.89 Å². The largest absolute Gasteiger partial charge is 0.378 e. The Balaban J connectivity index is 1.93. The second kappa shape index (κ2) is 7.95. The fraction of sp³-hybridized carbons (Fsp3) is 0.421. The third-order valence-electron chi connectivity index (χ3n) is 3.25. The third-order valence-corrected chi connectivity index (χ3v) is 3.25. The molecule has 25 heavy (non-hydrogen) atoms. The number of carbonyl (C=O) groups excluding carboxylic acids is 1. The van der Waals surface area contributed by atoms with E-state index in [1.54, 1.807) is 38.1 Å². The number of carbonyl (C=O) groups is 1. The second-order valence-electron chi connectivity index (χ2n) is 6.60. The molecule has 1 amide bonds. The monoisotopic (exact) mass is 341 g/mol. The maximum atomic E-state index is 12.2. The first-order valence-electron chi connectivity index (χ1n) is 8.21.